The van der Waals surface area contributed by atoms with Gasteiger partial charge in [0.1, 0.15) is 6.10 Å². The van der Waals surface area contributed by atoms with Crippen LogP contribution in [0.25, 0.3) is 11.1 Å². The number of rotatable bonds is 5. The number of nitrogens with zero attached hydrogens (tertiary/aromatic N) is 2. The van der Waals surface area contributed by atoms with Crippen molar-refractivity contribution < 1.29 is 14.3 Å². The molecule has 2 aromatic rings. The van der Waals surface area contributed by atoms with E-state index in [0.29, 0.717) is 12.1 Å². The second kappa shape index (κ2) is 8.31. The molecule has 4 rings (SSSR count). The van der Waals surface area contributed by atoms with Gasteiger partial charge < -0.3 is 15.0 Å². The summed E-state index contributed by atoms with van der Waals surface area (Å²) in [5.74, 6) is -0.492. The number of hydrogen-bond donors (Lipinski definition) is 1. The van der Waals surface area contributed by atoms with Crippen molar-refractivity contribution in [3.63, 3.8) is 0 Å². The van der Waals surface area contributed by atoms with E-state index in [1.807, 2.05) is 36.7 Å². The summed E-state index contributed by atoms with van der Waals surface area (Å²) >= 11 is 0. The summed E-state index contributed by atoms with van der Waals surface area (Å²) in [6.07, 6.45) is 8.21. The number of pyridine rings is 1. The Bertz CT molecular complexity index is 965. The van der Waals surface area contributed by atoms with Gasteiger partial charge >= 0.3 is 5.97 Å². The molecule has 3 heterocycles. The second-order valence-corrected chi connectivity index (χ2v) is 7.17. The summed E-state index contributed by atoms with van der Waals surface area (Å²) in [6.45, 7) is 3.56. The van der Waals surface area contributed by atoms with Gasteiger partial charge in [-0.1, -0.05) is 30.3 Å². The van der Waals surface area contributed by atoms with Crippen molar-refractivity contribution in [2.24, 2.45) is 0 Å². The highest BCUT2D eigenvalue weighted by Gasteiger charge is 2.26. The molecule has 2 aliphatic rings. The monoisotopic (exact) mass is 389 g/mol. The third kappa shape index (κ3) is 4.37. The normalized spacial score (nSPS) is 18.7. The molecule has 0 unspecified atom stereocenters. The number of amides is 1. The lowest BCUT2D eigenvalue weighted by atomic mass is 9.96. The Morgan fingerprint density at radius 3 is 2.55 bits per heavy atom. The first-order valence-corrected chi connectivity index (χ1v) is 9.72. The summed E-state index contributed by atoms with van der Waals surface area (Å²) in [7, 11) is 0. The highest BCUT2D eigenvalue weighted by Crippen LogP contribution is 2.28. The van der Waals surface area contributed by atoms with Crippen LogP contribution in [0.2, 0.25) is 0 Å². The van der Waals surface area contributed by atoms with Gasteiger partial charge in [-0.15, -0.1) is 0 Å². The Hall–Kier alpha value is -3.41. The molecule has 1 amide bonds. The molecule has 0 fully saturated rings. The molecule has 0 aliphatic carbocycles. The molecule has 0 bridgehead atoms. The predicted octanol–water partition coefficient (Wildman–Crippen LogP) is 2.82. The van der Waals surface area contributed by atoms with E-state index in [2.05, 4.69) is 33.4 Å². The van der Waals surface area contributed by atoms with E-state index in [-0.39, 0.29) is 11.9 Å². The fraction of sp³-hybridized carbons (Fsp3) is 0.261. The lowest BCUT2D eigenvalue weighted by Crippen LogP contribution is -2.29. The molecule has 2 aliphatic heterocycles. The number of ether oxygens (including phenoxy) is 1. The van der Waals surface area contributed by atoms with Gasteiger partial charge in [0.15, 0.2) is 0 Å². The SMILES string of the molecule is CC(=O)NC[C@H]1C=C(c2ccc(C3=CCN(c4ccncc4)CC3)cc2)C(=O)O1. The molecule has 0 radical (unpaired) electrons. The molecule has 1 aromatic heterocycles. The van der Waals surface area contributed by atoms with Crippen LogP contribution < -0.4 is 10.2 Å². The number of nitrogens with one attached hydrogen (secondary N) is 1. The minimum atomic E-state index is -0.415. The van der Waals surface area contributed by atoms with Crippen molar-refractivity contribution in [1.29, 1.82) is 0 Å². The fourth-order valence-corrected chi connectivity index (χ4v) is 3.63. The molecule has 29 heavy (non-hydrogen) atoms. The number of aromatic nitrogens is 1. The van der Waals surface area contributed by atoms with Gasteiger partial charge in [0, 0.05) is 38.1 Å². The molecule has 0 saturated carbocycles. The highest BCUT2D eigenvalue weighted by molar-refractivity contribution is 6.18. The quantitative estimate of drug-likeness (QED) is 0.797. The number of carbonyl (C=O) groups is 2. The average Bonchev–Trinajstić information content (AvgIpc) is 3.14. The van der Waals surface area contributed by atoms with E-state index in [1.165, 1.54) is 23.7 Å². The van der Waals surface area contributed by atoms with E-state index >= 15 is 0 Å². The van der Waals surface area contributed by atoms with Crippen LogP contribution in [0.3, 0.4) is 0 Å². The van der Waals surface area contributed by atoms with Crippen LogP contribution >= 0.6 is 0 Å². The van der Waals surface area contributed by atoms with Gasteiger partial charge in [-0.25, -0.2) is 4.79 Å². The Kier molecular flexibility index (Phi) is 5.42. The average molecular weight is 389 g/mol. The Labute approximate surface area is 169 Å². The van der Waals surface area contributed by atoms with Gasteiger partial charge in [-0.05, 0) is 41.3 Å². The molecule has 6 heteroatoms. The van der Waals surface area contributed by atoms with Crippen molar-refractivity contribution in [3.8, 4) is 0 Å². The first-order valence-electron chi connectivity index (χ1n) is 9.72. The summed E-state index contributed by atoms with van der Waals surface area (Å²) in [5.41, 5.74) is 5.05. The standard InChI is InChI=1S/C23H23N3O3/c1-16(27)25-15-21-14-22(23(28)29-21)19-4-2-17(3-5-19)18-8-12-26(13-9-18)20-6-10-24-11-7-20/h2-8,10-11,14,21H,9,12-13,15H2,1H3,(H,25,27)/t21-/m1/s1. The maximum absolute atomic E-state index is 12.2. The molecule has 0 spiro atoms. The zero-order chi connectivity index (χ0) is 20.2. The predicted molar refractivity (Wildman–Crippen MR) is 112 cm³/mol. The van der Waals surface area contributed by atoms with E-state index in [9.17, 15) is 9.59 Å². The van der Waals surface area contributed by atoms with Crippen molar-refractivity contribution >= 4 is 28.7 Å². The zero-order valence-corrected chi connectivity index (χ0v) is 16.3. The van der Waals surface area contributed by atoms with Crippen LogP contribution in [0.5, 0.6) is 0 Å². The fourth-order valence-electron chi connectivity index (χ4n) is 3.63. The molecule has 1 N–H and O–H groups in total. The van der Waals surface area contributed by atoms with Gasteiger partial charge in [0.2, 0.25) is 5.91 Å². The highest BCUT2D eigenvalue weighted by atomic mass is 16.5. The maximum Gasteiger partial charge on any atom is 0.339 e. The van der Waals surface area contributed by atoms with Gasteiger partial charge in [0.05, 0.1) is 12.1 Å². The zero-order valence-electron chi connectivity index (χ0n) is 16.3. The van der Waals surface area contributed by atoms with Crippen LogP contribution in [0.4, 0.5) is 5.69 Å². The molecule has 1 aromatic carbocycles. The van der Waals surface area contributed by atoms with Crippen molar-refractivity contribution in [2.45, 2.75) is 19.4 Å². The number of hydrogen-bond acceptors (Lipinski definition) is 5. The molecule has 0 saturated heterocycles. The summed E-state index contributed by atoms with van der Waals surface area (Å²) in [4.78, 5) is 29.6. The number of anilines is 1. The minimum Gasteiger partial charge on any atom is -0.453 e. The van der Waals surface area contributed by atoms with E-state index in [0.717, 1.165) is 25.1 Å². The van der Waals surface area contributed by atoms with E-state index in [4.69, 9.17) is 4.74 Å². The van der Waals surface area contributed by atoms with Crippen molar-refractivity contribution in [3.05, 3.63) is 72.1 Å². The molecule has 6 nitrogen and oxygen atoms in total. The van der Waals surface area contributed by atoms with Crippen LogP contribution in [0.1, 0.15) is 24.5 Å². The summed E-state index contributed by atoms with van der Waals surface area (Å²) < 4.78 is 5.31. The van der Waals surface area contributed by atoms with Crippen LogP contribution in [0, 0.1) is 0 Å². The van der Waals surface area contributed by atoms with Gasteiger partial charge in [-0.2, -0.15) is 0 Å². The number of benzene rings is 1. The van der Waals surface area contributed by atoms with Gasteiger partial charge in [-0.3, -0.25) is 9.78 Å². The summed E-state index contributed by atoms with van der Waals surface area (Å²) in [6, 6.07) is 12.1. The summed E-state index contributed by atoms with van der Waals surface area (Å²) in [5, 5.41) is 2.67. The largest absolute Gasteiger partial charge is 0.453 e. The van der Waals surface area contributed by atoms with Gasteiger partial charge in [0.25, 0.3) is 0 Å². The molecular weight excluding hydrogens is 366 g/mol. The molecular formula is C23H23N3O3. The Morgan fingerprint density at radius 1 is 1.17 bits per heavy atom. The molecule has 1 atom stereocenters. The Balaban J connectivity index is 1.43. The maximum atomic E-state index is 12.2. The van der Waals surface area contributed by atoms with Crippen LogP contribution in [0.15, 0.2) is 60.9 Å². The minimum absolute atomic E-state index is 0.143. The lowest BCUT2D eigenvalue weighted by Gasteiger charge is -2.28. The first kappa shape index (κ1) is 18.9. The number of cyclic esters (lactones) is 1. The van der Waals surface area contributed by atoms with Crippen LogP contribution in [-0.2, 0) is 14.3 Å². The van der Waals surface area contributed by atoms with E-state index in [1.54, 1.807) is 6.08 Å². The third-order valence-electron chi connectivity index (χ3n) is 5.19. The molecule has 148 valence electrons. The second-order valence-electron chi connectivity index (χ2n) is 7.17. The first-order chi connectivity index (χ1) is 14.1. The van der Waals surface area contributed by atoms with Crippen molar-refractivity contribution in [2.75, 3.05) is 24.5 Å². The third-order valence-corrected chi connectivity index (χ3v) is 5.19. The van der Waals surface area contributed by atoms with Crippen LogP contribution in [-0.4, -0.2) is 42.6 Å². The number of esters is 1. The topological polar surface area (TPSA) is 71.5 Å². The number of carbonyl (C=O) groups excluding carboxylic acids is 2. The van der Waals surface area contributed by atoms with E-state index < -0.39 is 6.10 Å². The Morgan fingerprint density at radius 2 is 1.90 bits per heavy atom. The van der Waals surface area contributed by atoms with Crippen molar-refractivity contribution in [1.82, 2.24) is 10.3 Å². The smallest absolute Gasteiger partial charge is 0.339 e. The lowest BCUT2D eigenvalue weighted by molar-refractivity contribution is -0.138.